The predicted molar refractivity (Wildman–Crippen MR) is 82.0 cm³/mol. The lowest BCUT2D eigenvalue weighted by atomic mass is 10.1. The highest BCUT2D eigenvalue weighted by atomic mass is 79.9. The first-order chi connectivity index (χ1) is 9.15. The Morgan fingerprint density at radius 3 is 2.89 bits per heavy atom. The van der Waals surface area contributed by atoms with E-state index in [0.717, 1.165) is 31.2 Å². The number of rotatable bonds is 2. The summed E-state index contributed by atoms with van der Waals surface area (Å²) >= 11 is 5.10. The van der Waals surface area contributed by atoms with Crippen LogP contribution in [0, 0.1) is 6.92 Å². The van der Waals surface area contributed by atoms with Crippen molar-refractivity contribution in [2.75, 3.05) is 5.73 Å². The normalized spacial score (nSPS) is 10.8. The summed E-state index contributed by atoms with van der Waals surface area (Å²) in [6.07, 6.45) is 1.71. The van der Waals surface area contributed by atoms with Gasteiger partial charge in [0, 0.05) is 14.9 Å². The van der Waals surface area contributed by atoms with Crippen LogP contribution in [0.5, 0.6) is 0 Å². The maximum absolute atomic E-state index is 5.84. The number of hydrogen-bond donors (Lipinski definition) is 2. The van der Waals surface area contributed by atoms with Crippen molar-refractivity contribution >= 4 is 33.1 Å². The van der Waals surface area contributed by atoms with Gasteiger partial charge in [-0.2, -0.15) is 5.10 Å². The first-order valence-corrected chi connectivity index (χ1v) is 7.28. The van der Waals surface area contributed by atoms with E-state index in [2.05, 4.69) is 50.2 Å². The molecule has 4 nitrogen and oxygen atoms in total. The summed E-state index contributed by atoms with van der Waals surface area (Å²) in [6, 6.07) is 8.12. The lowest BCUT2D eigenvalue weighted by Crippen LogP contribution is -1.87. The minimum Gasteiger partial charge on any atom is -0.383 e. The van der Waals surface area contributed by atoms with Crippen LogP contribution < -0.4 is 5.73 Å². The number of aromatic nitrogens is 3. The van der Waals surface area contributed by atoms with Gasteiger partial charge in [0.1, 0.15) is 10.8 Å². The van der Waals surface area contributed by atoms with E-state index in [4.69, 9.17) is 5.73 Å². The minimum absolute atomic E-state index is 0.551. The van der Waals surface area contributed by atoms with Gasteiger partial charge in [-0.15, -0.1) is 11.3 Å². The fraction of sp³-hybridized carbons (Fsp3) is 0.0769. The standard InChI is InChI=1S/C13H11BrN4S/c1-7-11(8-3-2-4-9(14)5-8)17-13(19-7)10-6-16-18-12(10)15/h2-6H,1H3,(H3,15,16,18). The summed E-state index contributed by atoms with van der Waals surface area (Å²) in [5, 5.41) is 7.55. The number of thiazole rings is 1. The molecule has 3 rings (SSSR count). The van der Waals surface area contributed by atoms with E-state index in [1.807, 2.05) is 12.1 Å². The van der Waals surface area contributed by atoms with Gasteiger partial charge in [0.15, 0.2) is 0 Å². The number of aryl methyl sites for hydroxylation is 1. The van der Waals surface area contributed by atoms with Gasteiger partial charge in [0.05, 0.1) is 17.5 Å². The van der Waals surface area contributed by atoms with Crippen LogP contribution in [-0.4, -0.2) is 15.2 Å². The molecule has 0 spiro atoms. The quantitative estimate of drug-likeness (QED) is 0.747. The number of hydrogen-bond acceptors (Lipinski definition) is 4. The topological polar surface area (TPSA) is 67.6 Å². The Bertz CT molecular complexity index is 732. The largest absolute Gasteiger partial charge is 0.383 e. The zero-order chi connectivity index (χ0) is 13.4. The first kappa shape index (κ1) is 12.4. The third-order valence-corrected chi connectivity index (χ3v) is 4.29. The van der Waals surface area contributed by atoms with E-state index >= 15 is 0 Å². The molecule has 0 unspecified atom stereocenters. The van der Waals surface area contributed by atoms with Crippen LogP contribution in [0.2, 0.25) is 0 Å². The Balaban J connectivity index is 2.10. The number of benzene rings is 1. The molecule has 19 heavy (non-hydrogen) atoms. The third kappa shape index (κ3) is 2.29. The average molecular weight is 335 g/mol. The van der Waals surface area contributed by atoms with Crippen molar-refractivity contribution < 1.29 is 0 Å². The van der Waals surface area contributed by atoms with Gasteiger partial charge in [0.25, 0.3) is 0 Å². The van der Waals surface area contributed by atoms with E-state index < -0.39 is 0 Å². The van der Waals surface area contributed by atoms with Crippen molar-refractivity contribution in [1.29, 1.82) is 0 Å². The summed E-state index contributed by atoms with van der Waals surface area (Å²) in [6.45, 7) is 2.06. The number of halogens is 1. The molecule has 3 N–H and O–H groups in total. The van der Waals surface area contributed by atoms with E-state index in [9.17, 15) is 0 Å². The molecule has 2 aromatic heterocycles. The molecule has 96 valence electrons. The number of H-pyrrole nitrogens is 1. The summed E-state index contributed by atoms with van der Waals surface area (Å²) in [5.41, 5.74) is 8.77. The van der Waals surface area contributed by atoms with Crippen molar-refractivity contribution in [1.82, 2.24) is 15.2 Å². The van der Waals surface area contributed by atoms with Gasteiger partial charge < -0.3 is 5.73 Å². The van der Waals surface area contributed by atoms with E-state index in [1.54, 1.807) is 17.5 Å². The fourth-order valence-corrected chi connectivity index (χ4v) is 3.24. The van der Waals surface area contributed by atoms with E-state index in [1.165, 1.54) is 0 Å². The second-order valence-electron chi connectivity index (χ2n) is 4.13. The molecule has 0 atom stereocenters. The maximum Gasteiger partial charge on any atom is 0.129 e. The van der Waals surface area contributed by atoms with Crippen LogP contribution in [0.15, 0.2) is 34.9 Å². The van der Waals surface area contributed by atoms with E-state index in [-0.39, 0.29) is 0 Å². The van der Waals surface area contributed by atoms with Gasteiger partial charge in [-0.25, -0.2) is 4.98 Å². The van der Waals surface area contributed by atoms with Crippen LogP contribution in [0.1, 0.15) is 4.88 Å². The van der Waals surface area contributed by atoms with Gasteiger partial charge >= 0.3 is 0 Å². The number of nitrogens with two attached hydrogens (primary N) is 1. The monoisotopic (exact) mass is 334 g/mol. The zero-order valence-corrected chi connectivity index (χ0v) is 12.5. The van der Waals surface area contributed by atoms with Crippen LogP contribution in [0.4, 0.5) is 5.82 Å². The minimum atomic E-state index is 0.551. The second-order valence-corrected chi connectivity index (χ2v) is 6.25. The van der Waals surface area contributed by atoms with Crippen molar-refractivity contribution in [3.8, 4) is 21.8 Å². The molecule has 0 aliphatic carbocycles. The van der Waals surface area contributed by atoms with Crippen LogP contribution in [-0.2, 0) is 0 Å². The molecule has 6 heteroatoms. The van der Waals surface area contributed by atoms with Crippen LogP contribution >= 0.6 is 27.3 Å². The molecule has 3 aromatic rings. The lowest BCUT2D eigenvalue weighted by molar-refractivity contribution is 1.10. The lowest BCUT2D eigenvalue weighted by Gasteiger charge is -1.99. The number of nitrogens with one attached hydrogen (secondary N) is 1. The number of aromatic amines is 1. The van der Waals surface area contributed by atoms with Gasteiger partial charge in [-0.05, 0) is 19.1 Å². The predicted octanol–water partition coefficient (Wildman–Crippen LogP) is 3.85. The molecule has 0 amide bonds. The summed E-state index contributed by atoms with van der Waals surface area (Å²) < 4.78 is 1.04. The Kier molecular flexibility index (Phi) is 3.12. The summed E-state index contributed by atoms with van der Waals surface area (Å²) in [4.78, 5) is 5.84. The molecular formula is C13H11BrN4S. The SMILES string of the molecule is Cc1sc(-c2cn[nH]c2N)nc1-c1cccc(Br)c1. The number of nitrogen functional groups attached to an aromatic ring is 1. The average Bonchev–Trinajstić information content (AvgIpc) is 2.95. The highest BCUT2D eigenvalue weighted by Crippen LogP contribution is 2.35. The van der Waals surface area contributed by atoms with Gasteiger partial charge in [0.2, 0.25) is 0 Å². The van der Waals surface area contributed by atoms with Crippen LogP contribution in [0.3, 0.4) is 0 Å². The molecule has 0 saturated carbocycles. The molecule has 0 radical (unpaired) electrons. The molecule has 1 aromatic carbocycles. The Morgan fingerprint density at radius 2 is 2.21 bits per heavy atom. The number of nitrogens with zero attached hydrogens (tertiary/aromatic N) is 2. The Hall–Kier alpha value is -1.66. The van der Waals surface area contributed by atoms with E-state index in [0.29, 0.717) is 5.82 Å². The highest BCUT2D eigenvalue weighted by Gasteiger charge is 2.14. The van der Waals surface area contributed by atoms with Gasteiger partial charge in [-0.3, -0.25) is 5.10 Å². The maximum atomic E-state index is 5.84. The molecular weight excluding hydrogens is 324 g/mol. The molecule has 0 saturated heterocycles. The molecule has 0 aliphatic rings. The Labute approximate surface area is 122 Å². The highest BCUT2D eigenvalue weighted by molar-refractivity contribution is 9.10. The van der Waals surface area contributed by atoms with Crippen molar-refractivity contribution in [3.05, 3.63) is 39.8 Å². The molecule has 0 bridgehead atoms. The third-order valence-electron chi connectivity index (χ3n) is 2.79. The molecule has 0 aliphatic heterocycles. The van der Waals surface area contributed by atoms with Gasteiger partial charge in [-0.1, -0.05) is 28.1 Å². The van der Waals surface area contributed by atoms with Crippen molar-refractivity contribution in [2.24, 2.45) is 0 Å². The van der Waals surface area contributed by atoms with Crippen molar-refractivity contribution in [3.63, 3.8) is 0 Å². The summed E-state index contributed by atoms with van der Waals surface area (Å²) in [5.74, 6) is 0.551. The van der Waals surface area contributed by atoms with Crippen molar-refractivity contribution in [2.45, 2.75) is 6.92 Å². The smallest absolute Gasteiger partial charge is 0.129 e. The first-order valence-electron chi connectivity index (χ1n) is 5.67. The fourth-order valence-electron chi connectivity index (χ4n) is 1.88. The molecule has 2 heterocycles. The second kappa shape index (κ2) is 4.79. The summed E-state index contributed by atoms with van der Waals surface area (Å²) in [7, 11) is 0. The Morgan fingerprint density at radius 1 is 1.37 bits per heavy atom. The molecule has 0 fully saturated rings. The number of anilines is 1. The van der Waals surface area contributed by atoms with Crippen LogP contribution in [0.25, 0.3) is 21.8 Å². The zero-order valence-electron chi connectivity index (χ0n) is 10.1.